The van der Waals surface area contributed by atoms with Gasteiger partial charge in [-0.15, -0.1) is 0 Å². The number of likely N-dealkylation sites (tertiary alicyclic amines) is 1. The van der Waals surface area contributed by atoms with Crippen molar-refractivity contribution in [1.29, 1.82) is 0 Å². The molecule has 122 valence electrons. The van der Waals surface area contributed by atoms with Gasteiger partial charge in [-0.25, -0.2) is 9.97 Å². The van der Waals surface area contributed by atoms with Gasteiger partial charge in [0.1, 0.15) is 0 Å². The molecule has 2 fully saturated rings. The fourth-order valence-corrected chi connectivity index (χ4v) is 3.48. The normalized spacial score (nSPS) is 20.0. The summed E-state index contributed by atoms with van der Waals surface area (Å²) in [6.45, 7) is 3.61. The van der Waals surface area contributed by atoms with Crippen molar-refractivity contribution in [2.75, 3.05) is 25.4 Å². The second-order valence-electron chi connectivity index (χ2n) is 6.61. The molecule has 0 radical (unpaired) electrons. The Kier molecular flexibility index (Phi) is 3.95. The third-order valence-electron chi connectivity index (χ3n) is 4.78. The van der Waals surface area contributed by atoms with E-state index in [2.05, 4.69) is 24.6 Å². The topological polar surface area (TPSA) is 72.9 Å². The van der Waals surface area contributed by atoms with Crippen LogP contribution in [0, 0.1) is 5.92 Å². The first-order chi connectivity index (χ1) is 11.2. The Morgan fingerprint density at radius 3 is 2.70 bits per heavy atom. The smallest absolute Gasteiger partial charge is 0.220 e. The van der Waals surface area contributed by atoms with Gasteiger partial charge in [0.05, 0.1) is 29.2 Å². The van der Waals surface area contributed by atoms with E-state index in [1.54, 1.807) is 0 Å². The van der Waals surface area contributed by atoms with Crippen LogP contribution >= 0.6 is 11.6 Å². The lowest BCUT2D eigenvalue weighted by molar-refractivity contribution is 0.174. The van der Waals surface area contributed by atoms with E-state index in [1.165, 1.54) is 25.6 Å². The van der Waals surface area contributed by atoms with Gasteiger partial charge in [-0.1, -0.05) is 11.6 Å². The van der Waals surface area contributed by atoms with Crippen molar-refractivity contribution >= 4 is 17.5 Å². The Balaban J connectivity index is 1.44. The van der Waals surface area contributed by atoms with Crippen molar-refractivity contribution in [2.45, 2.75) is 31.7 Å². The van der Waals surface area contributed by atoms with E-state index in [9.17, 15) is 0 Å². The molecule has 0 unspecified atom stereocenters. The van der Waals surface area contributed by atoms with Gasteiger partial charge >= 0.3 is 0 Å². The summed E-state index contributed by atoms with van der Waals surface area (Å²) in [6, 6.07) is 0.456. The fraction of sp³-hybridized carbons (Fsp3) is 0.562. The van der Waals surface area contributed by atoms with Crippen LogP contribution < -0.4 is 5.73 Å². The predicted molar refractivity (Wildman–Crippen MR) is 90.1 cm³/mol. The van der Waals surface area contributed by atoms with Crippen LogP contribution in [0.1, 0.15) is 31.7 Å². The molecule has 0 aromatic carbocycles. The number of halogens is 1. The highest BCUT2D eigenvalue weighted by Gasteiger charge is 2.27. The van der Waals surface area contributed by atoms with Crippen molar-refractivity contribution in [1.82, 2.24) is 24.6 Å². The Morgan fingerprint density at radius 1 is 1.17 bits per heavy atom. The molecule has 2 aromatic heterocycles. The standard InChI is InChI=1S/C16H21ClN6/c17-14-8-19-16(18)21-15(14)12-7-20-23(10-12)13-3-5-22(6-4-13)9-11-1-2-11/h7-8,10-11,13H,1-6,9H2,(H2,18,19,21). The molecule has 3 heterocycles. The molecule has 7 heteroatoms. The van der Waals surface area contributed by atoms with E-state index in [-0.39, 0.29) is 5.95 Å². The van der Waals surface area contributed by atoms with Crippen molar-refractivity contribution in [3.05, 3.63) is 23.6 Å². The molecule has 4 rings (SSSR count). The van der Waals surface area contributed by atoms with Crippen LogP contribution in [0.15, 0.2) is 18.6 Å². The van der Waals surface area contributed by atoms with Crippen LogP contribution in [0.2, 0.25) is 5.02 Å². The average molecular weight is 333 g/mol. The first-order valence-corrected chi connectivity index (χ1v) is 8.62. The summed E-state index contributed by atoms with van der Waals surface area (Å²) >= 11 is 6.17. The Bertz CT molecular complexity index is 688. The first kappa shape index (κ1) is 14.9. The maximum atomic E-state index is 6.17. The summed E-state index contributed by atoms with van der Waals surface area (Å²) in [5.74, 6) is 1.19. The molecule has 0 bridgehead atoms. The van der Waals surface area contributed by atoms with Gasteiger partial charge in [0, 0.05) is 31.4 Å². The summed E-state index contributed by atoms with van der Waals surface area (Å²) in [5.41, 5.74) is 7.20. The lowest BCUT2D eigenvalue weighted by Gasteiger charge is -2.32. The van der Waals surface area contributed by atoms with Gasteiger partial charge in [0.25, 0.3) is 0 Å². The van der Waals surface area contributed by atoms with E-state index in [4.69, 9.17) is 17.3 Å². The number of aromatic nitrogens is 4. The lowest BCUT2D eigenvalue weighted by atomic mass is 10.0. The van der Waals surface area contributed by atoms with Crippen LogP contribution in [-0.4, -0.2) is 44.3 Å². The highest BCUT2D eigenvalue weighted by Crippen LogP contribution is 2.32. The number of anilines is 1. The van der Waals surface area contributed by atoms with E-state index in [0.29, 0.717) is 16.8 Å². The van der Waals surface area contributed by atoms with Gasteiger partial charge in [0.2, 0.25) is 5.95 Å². The lowest BCUT2D eigenvalue weighted by Crippen LogP contribution is -2.36. The molecular formula is C16H21ClN6. The molecule has 1 aliphatic heterocycles. The van der Waals surface area contributed by atoms with Gasteiger partial charge < -0.3 is 10.6 Å². The maximum absolute atomic E-state index is 6.17. The minimum atomic E-state index is 0.227. The Morgan fingerprint density at radius 2 is 1.96 bits per heavy atom. The third-order valence-corrected chi connectivity index (χ3v) is 5.06. The van der Waals surface area contributed by atoms with Crippen molar-refractivity contribution in [3.63, 3.8) is 0 Å². The van der Waals surface area contributed by atoms with Gasteiger partial charge in [-0.2, -0.15) is 5.10 Å². The molecular weight excluding hydrogens is 312 g/mol. The number of rotatable bonds is 4. The minimum Gasteiger partial charge on any atom is -0.368 e. The molecule has 2 N–H and O–H groups in total. The third kappa shape index (κ3) is 3.33. The second-order valence-corrected chi connectivity index (χ2v) is 7.02. The quantitative estimate of drug-likeness (QED) is 0.931. The molecule has 2 aliphatic rings. The van der Waals surface area contributed by atoms with E-state index >= 15 is 0 Å². The molecule has 0 amide bonds. The largest absolute Gasteiger partial charge is 0.368 e. The molecule has 2 aromatic rings. The van der Waals surface area contributed by atoms with Crippen LogP contribution in [0.3, 0.4) is 0 Å². The Hall–Kier alpha value is -1.66. The van der Waals surface area contributed by atoms with Crippen LogP contribution in [-0.2, 0) is 0 Å². The molecule has 1 aliphatic carbocycles. The minimum absolute atomic E-state index is 0.227. The van der Waals surface area contributed by atoms with E-state index < -0.39 is 0 Å². The summed E-state index contributed by atoms with van der Waals surface area (Å²) in [4.78, 5) is 10.7. The first-order valence-electron chi connectivity index (χ1n) is 8.24. The molecule has 6 nitrogen and oxygen atoms in total. The number of hydrogen-bond acceptors (Lipinski definition) is 5. The van der Waals surface area contributed by atoms with Crippen molar-refractivity contribution < 1.29 is 0 Å². The van der Waals surface area contributed by atoms with Crippen molar-refractivity contribution in [2.24, 2.45) is 5.92 Å². The highest BCUT2D eigenvalue weighted by molar-refractivity contribution is 6.32. The van der Waals surface area contributed by atoms with Gasteiger partial charge in [0.15, 0.2) is 0 Å². The predicted octanol–water partition coefficient (Wildman–Crippen LogP) is 2.62. The number of nitrogens with two attached hydrogens (primary N) is 1. The van der Waals surface area contributed by atoms with Gasteiger partial charge in [-0.3, -0.25) is 4.68 Å². The summed E-state index contributed by atoms with van der Waals surface area (Å²) in [6.07, 6.45) is 10.5. The van der Waals surface area contributed by atoms with E-state index in [0.717, 1.165) is 37.4 Å². The SMILES string of the molecule is Nc1ncc(Cl)c(-c2cnn(C3CCN(CC4CC4)CC3)c2)n1. The molecule has 0 atom stereocenters. The monoisotopic (exact) mass is 332 g/mol. The fourth-order valence-electron chi connectivity index (χ4n) is 3.28. The van der Waals surface area contributed by atoms with E-state index in [1.807, 2.05) is 12.4 Å². The molecule has 1 saturated carbocycles. The highest BCUT2D eigenvalue weighted by atomic mass is 35.5. The summed E-state index contributed by atoms with van der Waals surface area (Å²) in [5, 5.41) is 5.02. The van der Waals surface area contributed by atoms with Crippen LogP contribution in [0.4, 0.5) is 5.95 Å². The van der Waals surface area contributed by atoms with Crippen molar-refractivity contribution in [3.8, 4) is 11.3 Å². The number of piperidine rings is 1. The zero-order chi connectivity index (χ0) is 15.8. The van der Waals surface area contributed by atoms with Crippen LogP contribution in [0.5, 0.6) is 0 Å². The molecule has 23 heavy (non-hydrogen) atoms. The zero-order valence-corrected chi connectivity index (χ0v) is 13.8. The Labute approximate surface area is 140 Å². The summed E-state index contributed by atoms with van der Waals surface area (Å²) in [7, 11) is 0. The number of hydrogen-bond donors (Lipinski definition) is 1. The van der Waals surface area contributed by atoms with Crippen LogP contribution in [0.25, 0.3) is 11.3 Å². The average Bonchev–Trinajstić information content (AvgIpc) is 3.23. The molecule has 0 spiro atoms. The number of nitrogens with zero attached hydrogens (tertiary/aromatic N) is 5. The van der Waals surface area contributed by atoms with Gasteiger partial charge in [-0.05, 0) is 31.6 Å². The number of nitrogen functional groups attached to an aromatic ring is 1. The summed E-state index contributed by atoms with van der Waals surface area (Å²) < 4.78 is 2.05. The zero-order valence-electron chi connectivity index (χ0n) is 13.0. The second kappa shape index (κ2) is 6.09. The molecule has 1 saturated heterocycles. The maximum Gasteiger partial charge on any atom is 0.220 e.